The maximum Gasteiger partial charge on any atom is 0.321 e. The molecule has 6 heteroatoms. The minimum Gasteiger partial charge on any atom is -0.324 e. The Labute approximate surface area is 152 Å². The summed E-state index contributed by atoms with van der Waals surface area (Å²) in [7, 11) is 1.86. The van der Waals surface area contributed by atoms with E-state index in [1.54, 1.807) is 22.0 Å². The molecule has 3 aromatic rings. The second-order valence-electron chi connectivity index (χ2n) is 6.56. The SMILES string of the molecule is CN(C(=O)Nc1ccc(-n2cccn2)nc1)C1CCc2ccccc2C1. The van der Waals surface area contributed by atoms with Gasteiger partial charge in [0.25, 0.3) is 0 Å². The lowest BCUT2D eigenvalue weighted by Crippen LogP contribution is -2.42. The number of nitrogens with zero attached hydrogens (tertiary/aromatic N) is 4. The third-order valence-corrected chi connectivity index (χ3v) is 4.93. The molecular formula is C20H21N5O. The molecule has 26 heavy (non-hydrogen) atoms. The summed E-state index contributed by atoms with van der Waals surface area (Å²) in [6.45, 7) is 0. The number of aromatic nitrogens is 3. The Morgan fingerprint density at radius 1 is 1.19 bits per heavy atom. The molecule has 0 spiro atoms. The first-order chi connectivity index (χ1) is 12.7. The number of hydrogen-bond donors (Lipinski definition) is 1. The monoisotopic (exact) mass is 347 g/mol. The number of aryl methyl sites for hydroxylation is 1. The van der Waals surface area contributed by atoms with Crippen LogP contribution < -0.4 is 5.32 Å². The quantitative estimate of drug-likeness (QED) is 0.791. The van der Waals surface area contributed by atoms with Crippen molar-refractivity contribution in [2.75, 3.05) is 12.4 Å². The number of urea groups is 1. The van der Waals surface area contributed by atoms with Gasteiger partial charge < -0.3 is 10.2 Å². The Morgan fingerprint density at radius 2 is 2.04 bits per heavy atom. The molecule has 0 saturated heterocycles. The summed E-state index contributed by atoms with van der Waals surface area (Å²) < 4.78 is 1.68. The number of carbonyl (C=O) groups excluding carboxylic acids is 1. The molecule has 0 radical (unpaired) electrons. The second-order valence-corrected chi connectivity index (χ2v) is 6.56. The number of pyridine rings is 1. The highest BCUT2D eigenvalue weighted by Gasteiger charge is 2.24. The summed E-state index contributed by atoms with van der Waals surface area (Å²) >= 11 is 0. The fourth-order valence-electron chi connectivity index (χ4n) is 3.39. The minimum absolute atomic E-state index is 0.108. The molecule has 0 aliphatic heterocycles. The van der Waals surface area contributed by atoms with Crippen LogP contribution in [-0.2, 0) is 12.8 Å². The van der Waals surface area contributed by atoms with Crippen molar-refractivity contribution in [2.24, 2.45) is 0 Å². The van der Waals surface area contributed by atoms with Gasteiger partial charge in [0, 0.05) is 25.5 Å². The zero-order chi connectivity index (χ0) is 17.9. The predicted octanol–water partition coefficient (Wildman–Crippen LogP) is 3.29. The summed E-state index contributed by atoms with van der Waals surface area (Å²) in [4.78, 5) is 18.8. The lowest BCUT2D eigenvalue weighted by molar-refractivity contribution is 0.198. The zero-order valence-electron chi connectivity index (χ0n) is 14.7. The van der Waals surface area contributed by atoms with Crippen LogP contribution in [0.25, 0.3) is 5.82 Å². The van der Waals surface area contributed by atoms with Crippen molar-refractivity contribution in [3.8, 4) is 5.82 Å². The molecule has 2 heterocycles. The average molecular weight is 347 g/mol. The van der Waals surface area contributed by atoms with Crippen LogP contribution in [0.1, 0.15) is 17.5 Å². The van der Waals surface area contributed by atoms with E-state index in [9.17, 15) is 4.79 Å². The van der Waals surface area contributed by atoms with Crippen LogP contribution >= 0.6 is 0 Å². The van der Waals surface area contributed by atoms with E-state index < -0.39 is 0 Å². The number of anilines is 1. The Hall–Kier alpha value is -3.15. The van der Waals surface area contributed by atoms with Crippen LogP contribution in [0.5, 0.6) is 0 Å². The fraction of sp³-hybridized carbons (Fsp3) is 0.250. The molecule has 4 rings (SSSR count). The molecule has 0 saturated carbocycles. The number of nitrogens with one attached hydrogen (secondary N) is 1. The number of fused-ring (bicyclic) bond motifs is 1. The summed E-state index contributed by atoms with van der Waals surface area (Å²) in [5.41, 5.74) is 3.42. The van der Waals surface area contributed by atoms with Gasteiger partial charge in [0.05, 0.1) is 11.9 Å². The second kappa shape index (κ2) is 7.00. The van der Waals surface area contributed by atoms with Crippen LogP contribution in [0, 0.1) is 0 Å². The molecule has 1 aromatic carbocycles. The topological polar surface area (TPSA) is 63.1 Å². The van der Waals surface area contributed by atoms with Gasteiger partial charge in [-0.1, -0.05) is 24.3 Å². The lowest BCUT2D eigenvalue weighted by atomic mass is 9.88. The van der Waals surface area contributed by atoms with Crippen molar-refractivity contribution in [1.29, 1.82) is 0 Å². The summed E-state index contributed by atoms with van der Waals surface area (Å²) in [5, 5.41) is 7.07. The van der Waals surface area contributed by atoms with Crippen molar-refractivity contribution in [3.05, 3.63) is 72.2 Å². The normalized spacial score (nSPS) is 16.0. The van der Waals surface area contributed by atoms with Crippen molar-refractivity contribution >= 4 is 11.7 Å². The highest BCUT2D eigenvalue weighted by atomic mass is 16.2. The van der Waals surface area contributed by atoms with Gasteiger partial charge in [0.1, 0.15) is 0 Å². The summed E-state index contributed by atoms with van der Waals surface area (Å²) in [6.07, 6.45) is 8.08. The highest BCUT2D eigenvalue weighted by molar-refractivity contribution is 5.89. The van der Waals surface area contributed by atoms with Gasteiger partial charge in [-0.25, -0.2) is 14.5 Å². The van der Waals surface area contributed by atoms with Gasteiger partial charge in [0.15, 0.2) is 5.82 Å². The molecule has 1 unspecified atom stereocenters. The van der Waals surface area contributed by atoms with E-state index in [2.05, 4.69) is 39.7 Å². The minimum atomic E-state index is -0.108. The fourth-order valence-corrected chi connectivity index (χ4v) is 3.39. The molecule has 1 atom stereocenters. The predicted molar refractivity (Wildman–Crippen MR) is 100 cm³/mol. The first-order valence-corrected chi connectivity index (χ1v) is 8.77. The summed E-state index contributed by atoms with van der Waals surface area (Å²) in [6, 6.07) is 14.1. The molecule has 132 valence electrons. The molecule has 6 nitrogen and oxygen atoms in total. The van der Waals surface area contributed by atoms with Crippen molar-refractivity contribution < 1.29 is 4.79 Å². The van der Waals surface area contributed by atoms with Gasteiger partial charge in [-0.2, -0.15) is 5.10 Å². The number of hydrogen-bond acceptors (Lipinski definition) is 3. The average Bonchev–Trinajstić information content (AvgIpc) is 3.22. The number of benzene rings is 1. The van der Waals surface area contributed by atoms with Gasteiger partial charge in [0.2, 0.25) is 0 Å². The van der Waals surface area contributed by atoms with E-state index in [4.69, 9.17) is 0 Å². The van der Waals surface area contributed by atoms with E-state index in [1.165, 1.54) is 11.1 Å². The largest absolute Gasteiger partial charge is 0.324 e. The van der Waals surface area contributed by atoms with Crippen molar-refractivity contribution in [1.82, 2.24) is 19.7 Å². The molecule has 1 aliphatic carbocycles. The Bertz CT molecular complexity index is 889. The molecular weight excluding hydrogens is 326 g/mol. The standard InChI is InChI=1S/C20H21N5O/c1-24(18-9-7-15-5-2-3-6-16(15)13-18)20(26)23-17-8-10-19(21-14-17)25-12-4-11-22-25/h2-6,8,10-12,14,18H,7,9,13H2,1H3,(H,23,26). The van der Waals surface area contributed by atoms with Crippen molar-refractivity contribution in [2.45, 2.75) is 25.3 Å². The molecule has 0 bridgehead atoms. The number of likely N-dealkylation sites (N-methyl/N-ethyl adjacent to an activating group) is 1. The van der Waals surface area contributed by atoms with Crippen LogP contribution in [-0.4, -0.2) is 38.8 Å². The van der Waals surface area contributed by atoms with Crippen LogP contribution in [0.3, 0.4) is 0 Å². The van der Waals surface area contributed by atoms with E-state index >= 15 is 0 Å². The van der Waals surface area contributed by atoms with Gasteiger partial charge in [-0.3, -0.25) is 0 Å². The van der Waals surface area contributed by atoms with E-state index in [0.29, 0.717) is 11.5 Å². The molecule has 2 amide bonds. The van der Waals surface area contributed by atoms with E-state index in [-0.39, 0.29) is 12.1 Å². The zero-order valence-corrected chi connectivity index (χ0v) is 14.7. The van der Waals surface area contributed by atoms with Crippen LogP contribution in [0.15, 0.2) is 61.1 Å². The lowest BCUT2D eigenvalue weighted by Gasteiger charge is -2.32. The first-order valence-electron chi connectivity index (χ1n) is 8.77. The first kappa shape index (κ1) is 16.3. The third-order valence-electron chi connectivity index (χ3n) is 4.93. The third kappa shape index (κ3) is 3.31. The van der Waals surface area contributed by atoms with Gasteiger partial charge in [-0.15, -0.1) is 0 Å². The number of rotatable bonds is 3. The van der Waals surface area contributed by atoms with Gasteiger partial charge >= 0.3 is 6.03 Å². The van der Waals surface area contributed by atoms with Crippen LogP contribution in [0.2, 0.25) is 0 Å². The summed E-state index contributed by atoms with van der Waals surface area (Å²) in [5.74, 6) is 0.713. The Kier molecular flexibility index (Phi) is 4.39. The smallest absolute Gasteiger partial charge is 0.321 e. The Morgan fingerprint density at radius 3 is 2.77 bits per heavy atom. The van der Waals surface area contributed by atoms with E-state index in [1.807, 2.05) is 31.4 Å². The van der Waals surface area contributed by atoms with E-state index in [0.717, 1.165) is 19.3 Å². The number of amides is 2. The molecule has 2 aromatic heterocycles. The highest BCUT2D eigenvalue weighted by Crippen LogP contribution is 2.24. The van der Waals surface area contributed by atoms with Gasteiger partial charge in [-0.05, 0) is 48.6 Å². The maximum atomic E-state index is 12.6. The molecule has 1 N–H and O–H groups in total. The maximum absolute atomic E-state index is 12.6. The molecule has 1 aliphatic rings. The van der Waals surface area contributed by atoms with Crippen molar-refractivity contribution in [3.63, 3.8) is 0 Å². The Balaban J connectivity index is 1.40. The molecule has 0 fully saturated rings. The number of carbonyl (C=O) groups is 1. The van der Waals surface area contributed by atoms with Crippen LogP contribution in [0.4, 0.5) is 10.5 Å².